The van der Waals surface area contributed by atoms with Crippen molar-refractivity contribution in [2.45, 2.75) is 18.4 Å². The minimum Gasteiger partial charge on any atom is -0.507 e. The number of amides is 2. The summed E-state index contributed by atoms with van der Waals surface area (Å²) in [5.41, 5.74) is 3.94. The molecule has 0 spiro atoms. The quantitative estimate of drug-likeness (QED) is 0.224. The zero-order valence-electron chi connectivity index (χ0n) is 20.5. The van der Waals surface area contributed by atoms with Gasteiger partial charge in [-0.25, -0.2) is 13.8 Å². The van der Waals surface area contributed by atoms with Crippen LogP contribution in [0.2, 0.25) is 0 Å². The lowest BCUT2D eigenvalue weighted by molar-refractivity contribution is -0.121. The topological polar surface area (TPSA) is 128 Å². The van der Waals surface area contributed by atoms with Crippen LogP contribution in [0.5, 0.6) is 5.75 Å². The molecule has 194 valence electrons. The molecule has 0 bridgehead atoms. The molecule has 38 heavy (non-hydrogen) atoms. The van der Waals surface area contributed by atoms with E-state index in [4.69, 9.17) is 0 Å². The first kappa shape index (κ1) is 26.5. The Bertz CT molecular complexity index is 1590. The smallest absolute Gasteiger partial charge is 0.255 e. The van der Waals surface area contributed by atoms with Gasteiger partial charge in [0.2, 0.25) is 15.9 Å². The maximum atomic E-state index is 13.5. The Kier molecular flexibility index (Phi) is 8.15. The van der Waals surface area contributed by atoms with Crippen LogP contribution in [0.4, 0.5) is 5.69 Å². The van der Waals surface area contributed by atoms with Gasteiger partial charge in [-0.05, 0) is 46.7 Å². The fourth-order valence-corrected chi connectivity index (χ4v) is 5.24. The van der Waals surface area contributed by atoms with E-state index in [0.717, 1.165) is 15.1 Å². The van der Waals surface area contributed by atoms with Gasteiger partial charge in [-0.1, -0.05) is 60.7 Å². The van der Waals surface area contributed by atoms with Crippen molar-refractivity contribution in [3.8, 4) is 5.75 Å². The molecule has 4 rings (SSSR count). The number of benzene rings is 4. The highest BCUT2D eigenvalue weighted by atomic mass is 32.2. The number of rotatable bonds is 9. The normalized spacial score (nSPS) is 11.6. The Morgan fingerprint density at radius 2 is 1.61 bits per heavy atom. The minimum absolute atomic E-state index is 0.00214. The summed E-state index contributed by atoms with van der Waals surface area (Å²) in [7, 11) is -4.08. The zero-order valence-corrected chi connectivity index (χ0v) is 21.4. The molecule has 0 atom stereocenters. The van der Waals surface area contributed by atoms with Gasteiger partial charge in [0.25, 0.3) is 5.91 Å². The average Bonchev–Trinajstić information content (AvgIpc) is 2.90. The van der Waals surface area contributed by atoms with Crippen LogP contribution in [-0.2, 0) is 26.2 Å². The van der Waals surface area contributed by atoms with Crippen LogP contribution >= 0.6 is 0 Å². The summed E-state index contributed by atoms with van der Waals surface area (Å²) in [5.74, 6) is -0.937. The highest BCUT2D eigenvalue weighted by Crippen LogP contribution is 2.25. The van der Waals surface area contributed by atoms with Crippen molar-refractivity contribution in [3.63, 3.8) is 0 Å². The molecule has 9 nitrogen and oxygen atoms in total. The van der Waals surface area contributed by atoms with Crippen molar-refractivity contribution >= 4 is 44.5 Å². The zero-order chi connectivity index (χ0) is 27.1. The lowest BCUT2D eigenvalue weighted by atomic mass is 10.0. The summed E-state index contributed by atoms with van der Waals surface area (Å²) in [5, 5.41) is 18.5. The van der Waals surface area contributed by atoms with Crippen molar-refractivity contribution in [1.29, 1.82) is 0 Å². The first-order valence-corrected chi connectivity index (χ1v) is 13.1. The molecule has 0 aliphatic heterocycles. The number of anilines is 1. The van der Waals surface area contributed by atoms with E-state index in [2.05, 4.69) is 15.8 Å². The molecule has 0 fully saturated rings. The second-order valence-corrected chi connectivity index (χ2v) is 10.4. The van der Waals surface area contributed by atoms with Gasteiger partial charge < -0.3 is 10.4 Å². The number of carbonyl (C=O) groups excluding carboxylic acids is 2. The molecule has 4 aromatic carbocycles. The lowest BCUT2D eigenvalue weighted by Gasteiger charge is -2.21. The molecule has 0 aliphatic carbocycles. The number of phenolic OH excluding ortho intramolecular Hbond substituents is 1. The van der Waals surface area contributed by atoms with E-state index in [1.165, 1.54) is 43.5 Å². The summed E-state index contributed by atoms with van der Waals surface area (Å²) < 4.78 is 28.0. The number of sulfonamides is 1. The van der Waals surface area contributed by atoms with E-state index in [1.54, 1.807) is 30.3 Å². The molecule has 0 unspecified atom stereocenters. The van der Waals surface area contributed by atoms with Gasteiger partial charge in [0.15, 0.2) is 0 Å². The summed E-state index contributed by atoms with van der Waals surface area (Å²) in [6, 6.07) is 25.3. The lowest BCUT2D eigenvalue weighted by Crippen LogP contribution is -2.39. The summed E-state index contributed by atoms with van der Waals surface area (Å²) in [6.45, 7) is 0.816. The van der Waals surface area contributed by atoms with E-state index >= 15 is 0 Å². The average molecular weight is 531 g/mol. The largest absolute Gasteiger partial charge is 0.507 e. The minimum atomic E-state index is -4.08. The van der Waals surface area contributed by atoms with Gasteiger partial charge >= 0.3 is 0 Å². The van der Waals surface area contributed by atoms with E-state index < -0.39 is 22.5 Å². The Morgan fingerprint density at radius 1 is 0.921 bits per heavy atom. The first-order valence-electron chi connectivity index (χ1n) is 11.7. The number of hydrogen-bond acceptors (Lipinski definition) is 6. The Morgan fingerprint density at radius 3 is 2.32 bits per heavy atom. The van der Waals surface area contributed by atoms with E-state index in [1.807, 2.05) is 30.3 Å². The fraction of sp³-hybridized carbons (Fsp3) is 0.107. The highest BCUT2D eigenvalue weighted by molar-refractivity contribution is 7.89. The van der Waals surface area contributed by atoms with Crippen molar-refractivity contribution in [3.05, 3.63) is 102 Å². The van der Waals surface area contributed by atoms with Gasteiger partial charge in [0.1, 0.15) is 5.75 Å². The Hall–Kier alpha value is -4.54. The van der Waals surface area contributed by atoms with Crippen molar-refractivity contribution in [1.82, 2.24) is 9.73 Å². The molecule has 0 radical (unpaired) electrons. The van der Waals surface area contributed by atoms with Crippen molar-refractivity contribution < 1.29 is 23.1 Å². The van der Waals surface area contributed by atoms with E-state index in [-0.39, 0.29) is 23.1 Å². The SMILES string of the molecule is CC(=O)Nc1ccc(S(=O)(=O)N(CC(=O)N/N=C\c2c(O)ccc3ccccc23)Cc2ccccc2)cc1. The second kappa shape index (κ2) is 11.7. The number of fused-ring (bicyclic) bond motifs is 1. The Balaban J connectivity index is 1.54. The third kappa shape index (κ3) is 6.41. The maximum Gasteiger partial charge on any atom is 0.255 e. The number of nitrogens with one attached hydrogen (secondary N) is 2. The third-order valence-electron chi connectivity index (χ3n) is 5.66. The van der Waals surface area contributed by atoms with Crippen molar-refractivity contribution in [2.75, 3.05) is 11.9 Å². The number of hydrogen-bond donors (Lipinski definition) is 3. The van der Waals surface area contributed by atoms with Crippen LogP contribution in [0.15, 0.2) is 101 Å². The van der Waals surface area contributed by atoms with Gasteiger partial charge in [-0.15, -0.1) is 0 Å². The third-order valence-corrected chi connectivity index (χ3v) is 7.47. The molecule has 0 saturated carbocycles. The van der Waals surface area contributed by atoms with Crippen LogP contribution in [0.1, 0.15) is 18.1 Å². The van der Waals surface area contributed by atoms with Crippen LogP contribution in [0.25, 0.3) is 10.8 Å². The first-order chi connectivity index (χ1) is 18.2. The fourth-order valence-electron chi connectivity index (χ4n) is 3.86. The predicted octanol–water partition coefficient (Wildman–Crippen LogP) is 3.85. The van der Waals surface area contributed by atoms with E-state index in [0.29, 0.717) is 16.8 Å². The van der Waals surface area contributed by atoms with E-state index in [9.17, 15) is 23.1 Å². The molecule has 0 aliphatic rings. The van der Waals surface area contributed by atoms with Gasteiger partial charge in [-0.3, -0.25) is 9.59 Å². The van der Waals surface area contributed by atoms with Crippen LogP contribution < -0.4 is 10.7 Å². The number of carbonyl (C=O) groups is 2. The monoisotopic (exact) mass is 530 g/mol. The van der Waals surface area contributed by atoms with Gasteiger partial charge in [0, 0.05) is 24.7 Å². The van der Waals surface area contributed by atoms with Crippen LogP contribution in [-0.4, -0.2) is 42.4 Å². The van der Waals surface area contributed by atoms with Crippen molar-refractivity contribution in [2.24, 2.45) is 5.10 Å². The van der Waals surface area contributed by atoms with Crippen LogP contribution in [0.3, 0.4) is 0 Å². The molecule has 2 amide bonds. The molecule has 4 aromatic rings. The summed E-state index contributed by atoms with van der Waals surface area (Å²) >= 11 is 0. The van der Waals surface area contributed by atoms with Crippen LogP contribution in [0, 0.1) is 0 Å². The molecule has 3 N–H and O–H groups in total. The maximum absolute atomic E-state index is 13.5. The molecular formula is C28H26N4O5S. The predicted molar refractivity (Wildman–Crippen MR) is 146 cm³/mol. The molecule has 0 saturated heterocycles. The molecule has 0 heterocycles. The summed E-state index contributed by atoms with van der Waals surface area (Å²) in [6.07, 6.45) is 1.33. The number of hydrazone groups is 1. The molecule has 10 heteroatoms. The number of aromatic hydroxyl groups is 1. The molecule has 0 aromatic heterocycles. The van der Waals surface area contributed by atoms with Gasteiger partial charge in [-0.2, -0.15) is 9.41 Å². The molecular weight excluding hydrogens is 504 g/mol. The Labute approximate surface area is 220 Å². The standard InChI is InChI=1S/C28H26N4O5S/c1-20(33)30-23-12-14-24(15-13-23)38(36,37)32(18-21-7-3-2-4-8-21)19-28(35)31-29-17-26-25-10-6-5-9-22(25)11-16-27(26)34/h2-17,34H,18-19H2,1H3,(H,30,33)(H,31,35)/b29-17-. The number of nitrogens with zero attached hydrogens (tertiary/aromatic N) is 2. The van der Waals surface area contributed by atoms with Gasteiger partial charge in [0.05, 0.1) is 17.7 Å². The summed E-state index contributed by atoms with van der Waals surface area (Å²) in [4.78, 5) is 24.0. The second-order valence-electron chi connectivity index (χ2n) is 8.48. The number of phenols is 1. The highest BCUT2D eigenvalue weighted by Gasteiger charge is 2.27.